The molecule has 19 heavy (non-hydrogen) atoms. The van der Waals surface area contributed by atoms with Gasteiger partial charge in [0.15, 0.2) is 0 Å². The summed E-state index contributed by atoms with van der Waals surface area (Å²) in [6.07, 6.45) is 2.68. The third kappa shape index (κ3) is 2.92. The van der Waals surface area contributed by atoms with Crippen LogP contribution in [0.1, 0.15) is 37.9 Å². The molecule has 2 aliphatic rings. The van der Waals surface area contributed by atoms with Crippen LogP contribution in [0.25, 0.3) is 0 Å². The summed E-state index contributed by atoms with van der Waals surface area (Å²) in [5.41, 5.74) is 2.52. The highest BCUT2D eigenvalue weighted by Crippen LogP contribution is 2.27. The second kappa shape index (κ2) is 5.12. The lowest BCUT2D eigenvalue weighted by Crippen LogP contribution is -2.22. The number of pyridine rings is 1. The fourth-order valence-corrected chi connectivity index (χ4v) is 2.80. The van der Waals surface area contributed by atoms with Gasteiger partial charge in [-0.05, 0) is 43.2 Å². The van der Waals surface area contributed by atoms with Crippen molar-refractivity contribution >= 4 is 5.82 Å². The molecule has 2 atom stereocenters. The average Bonchev–Trinajstić information content (AvgIpc) is 3.14. The fourth-order valence-electron chi connectivity index (χ4n) is 2.80. The van der Waals surface area contributed by atoms with E-state index in [0.717, 1.165) is 43.3 Å². The normalized spacial score (nSPS) is 27.0. The predicted molar refractivity (Wildman–Crippen MR) is 79.4 cm³/mol. The van der Waals surface area contributed by atoms with Crippen molar-refractivity contribution in [3.63, 3.8) is 0 Å². The number of anilines is 1. The number of hydrogen-bond donors (Lipinski definition) is 1. The van der Waals surface area contributed by atoms with Gasteiger partial charge in [0.2, 0.25) is 0 Å². The van der Waals surface area contributed by atoms with Crippen molar-refractivity contribution in [3.8, 4) is 0 Å². The highest BCUT2D eigenvalue weighted by molar-refractivity contribution is 5.43. The number of hydrogen-bond acceptors (Lipinski definition) is 3. The first kappa shape index (κ1) is 12.9. The highest BCUT2D eigenvalue weighted by Gasteiger charge is 2.27. The van der Waals surface area contributed by atoms with Crippen molar-refractivity contribution in [1.82, 2.24) is 10.3 Å². The van der Waals surface area contributed by atoms with Crippen molar-refractivity contribution in [3.05, 3.63) is 23.4 Å². The molecule has 1 aliphatic carbocycles. The van der Waals surface area contributed by atoms with Crippen molar-refractivity contribution in [2.24, 2.45) is 11.8 Å². The zero-order chi connectivity index (χ0) is 13.4. The van der Waals surface area contributed by atoms with Crippen molar-refractivity contribution < 1.29 is 0 Å². The molecule has 0 bridgehead atoms. The van der Waals surface area contributed by atoms with Crippen LogP contribution in [0.2, 0.25) is 0 Å². The topological polar surface area (TPSA) is 28.2 Å². The Balaban J connectivity index is 1.68. The average molecular weight is 259 g/mol. The summed E-state index contributed by atoms with van der Waals surface area (Å²) < 4.78 is 0. The molecule has 2 heterocycles. The van der Waals surface area contributed by atoms with Crippen LogP contribution in [0, 0.1) is 18.8 Å². The van der Waals surface area contributed by atoms with Gasteiger partial charge in [-0.25, -0.2) is 4.98 Å². The third-order valence-corrected chi connectivity index (χ3v) is 4.65. The summed E-state index contributed by atoms with van der Waals surface area (Å²) in [4.78, 5) is 7.24. The van der Waals surface area contributed by atoms with Crippen molar-refractivity contribution in [1.29, 1.82) is 0 Å². The van der Waals surface area contributed by atoms with E-state index >= 15 is 0 Å². The summed E-state index contributed by atoms with van der Waals surface area (Å²) in [6.45, 7) is 10.1. The van der Waals surface area contributed by atoms with Gasteiger partial charge in [0.25, 0.3) is 0 Å². The molecule has 0 spiro atoms. The van der Waals surface area contributed by atoms with Gasteiger partial charge >= 0.3 is 0 Å². The summed E-state index contributed by atoms with van der Waals surface area (Å²) >= 11 is 0. The van der Waals surface area contributed by atoms with E-state index in [0.29, 0.717) is 0 Å². The van der Waals surface area contributed by atoms with E-state index < -0.39 is 0 Å². The first-order valence-corrected chi connectivity index (χ1v) is 7.58. The van der Waals surface area contributed by atoms with E-state index in [-0.39, 0.29) is 0 Å². The van der Waals surface area contributed by atoms with Gasteiger partial charge < -0.3 is 10.2 Å². The molecular formula is C16H25N3. The minimum atomic E-state index is 0.763. The second-order valence-corrected chi connectivity index (χ2v) is 6.43. The van der Waals surface area contributed by atoms with Crippen LogP contribution in [0.3, 0.4) is 0 Å². The largest absolute Gasteiger partial charge is 0.356 e. The Labute approximate surface area is 116 Å². The van der Waals surface area contributed by atoms with Crippen LogP contribution < -0.4 is 10.2 Å². The Morgan fingerprint density at radius 1 is 1.21 bits per heavy atom. The van der Waals surface area contributed by atoms with Gasteiger partial charge in [0.05, 0.1) is 0 Å². The van der Waals surface area contributed by atoms with E-state index in [9.17, 15) is 0 Å². The Kier molecular flexibility index (Phi) is 3.48. The zero-order valence-electron chi connectivity index (χ0n) is 12.3. The van der Waals surface area contributed by atoms with Gasteiger partial charge in [-0.3, -0.25) is 0 Å². The molecule has 3 heteroatoms. The molecule has 0 aromatic carbocycles. The van der Waals surface area contributed by atoms with E-state index in [1.165, 1.54) is 24.1 Å². The number of aromatic nitrogens is 1. The van der Waals surface area contributed by atoms with Gasteiger partial charge in [-0.1, -0.05) is 19.9 Å². The Hall–Kier alpha value is -1.09. The molecule has 2 unspecified atom stereocenters. The SMILES string of the molecule is Cc1nc(N2CC(C)C(C)C2)ccc1CNC1CC1. The molecule has 0 amide bonds. The molecule has 1 aromatic heterocycles. The van der Waals surface area contributed by atoms with Crippen LogP contribution in [0.15, 0.2) is 12.1 Å². The number of nitrogens with zero attached hydrogens (tertiary/aromatic N) is 2. The first-order valence-electron chi connectivity index (χ1n) is 7.58. The quantitative estimate of drug-likeness (QED) is 0.901. The van der Waals surface area contributed by atoms with Crippen LogP contribution in [-0.2, 0) is 6.54 Å². The maximum atomic E-state index is 4.81. The molecular weight excluding hydrogens is 234 g/mol. The first-order chi connectivity index (χ1) is 9.13. The maximum absolute atomic E-state index is 4.81. The monoisotopic (exact) mass is 259 g/mol. The van der Waals surface area contributed by atoms with Gasteiger partial charge in [-0.15, -0.1) is 0 Å². The molecule has 1 aromatic rings. The van der Waals surface area contributed by atoms with Gasteiger partial charge in [0.1, 0.15) is 5.82 Å². The molecule has 2 fully saturated rings. The molecule has 1 aliphatic heterocycles. The Morgan fingerprint density at radius 3 is 2.47 bits per heavy atom. The Bertz CT molecular complexity index is 443. The molecule has 1 saturated heterocycles. The van der Waals surface area contributed by atoms with Crippen LogP contribution >= 0.6 is 0 Å². The van der Waals surface area contributed by atoms with Crippen molar-refractivity contribution in [2.45, 2.75) is 46.2 Å². The standard InChI is InChI=1S/C16H25N3/c1-11-9-19(10-12(11)2)16-7-4-14(13(3)18-16)8-17-15-5-6-15/h4,7,11-12,15,17H,5-6,8-10H2,1-3H3. The molecule has 1 N–H and O–H groups in total. The minimum Gasteiger partial charge on any atom is -0.356 e. The summed E-state index contributed by atoms with van der Waals surface area (Å²) in [7, 11) is 0. The smallest absolute Gasteiger partial charge is 0.128 e. The van der Waals surface area contributed by atoms with Crippen LogP contribution in [0.5, 0.6) is 0 Å². The Morgan fingerprint density at radius 2 is 1.89 bits per heavy atom. The summed E-state index contributed by atoms with van der Waals surface area (Å²) in [5, 5.41) is 3.56. The number of aryl methyl sites for hydroxylation is 1. The van der Waals surface area contributed by atoms with Gasteiger partial charge in [-0.2, -0.15) is 0 Å². The maximum Gasteiger partial charge on any atom is 0.128 e. The van der Waals surface area contributed by atoms with Gasteiger partial charge in [0, 0.05) is 31.4 Å². The minimum absolute atomic E-state index is 0.763. The molecule has 3 nitrogen and oxygen atoms in total. The summed E-state index contributed by atoms with van der Waals surface area (Å²) in [5.74, 6) is 2.71. The van der Waals surface area contributed by atoms with Crippen LogP contribution in [-0.4, -0.2) is 24.1 Å². The lowest BCUT2D eigenvalue weighted by molar-refractivity contribution is 0.494. The van der Waals surface area contributed by atoms with E-state index in [2.05, 4.69) is 43.1 Å². The van der Waals surface area contributed by atoms with Crippen LogP contribution in [0.4, 0.5) is 5.82 Å². The molecule has 0 radical (unpaired) electrons. The fraction of sp³-hybridized carbons (Fsp3) is 0.688. The summed E-state index contributed by atoms with van der Waals surface area (Å²) in [6, 6.07) is 5.21. The lowest BCUT2D eigenvalue weighted by Gasteiger charge is -2.18. The number of rotatable bonds is 4. The van der Waals surface area contributed by atoms with Crippen molar-refractivity contribution in [2.75, 3.05) is 18.0 Å². The highest BCUT2D eigenvalue weighted by atomic mass is 15.2. The second-order valence-electron chi connectivity index (χ2n) is 6.43. The molecule has 104 valence electrons. The zero-order valence-corrected chi connectivity index (χ0v) is 12.3. The number of nitrogens with one attached hydrogen (secondary N) is 1. The van der Waals surface area contributed by atoms with E-state index in [1.54, 1.807) is 0 Å². The van der Waals surface area contributed by atoms with E-state index in [1.807, 2.05) is 0 Å². The third-order valence-electron chi connectivity index (χ3n) is 4.65. The van der Waals surface area contributed by atoms with E-state index in [4.69, 9.17) is 4.98 Å². The lowest BCUT2D eigenvalue weighted by atomic mass is 10.0. The molecule has 3 rings (SSSR count). The predicted octanol–water partition coefficient (Wildman–Crippen LogP) is 2.73. The molecule has 1 saturated carbocycles.